The van der Waals surface area contributed by atoms with Crippen LogP contribution in [0.3, 0.4) is 0 Å². The maximum atomic E-state index is 12.6. The molecule has 0 spiro atoms. The van der Waals surface area contributed by atoms with Crippen molar-refractivity contribution in [2.75, 3.05) is 11.9 Å². The van der Waals surface area contributed by atoms with Gasteiger partial charge in [0.15, 0.2) is 0 Å². The van der Waals surface area contributed by atoms with Gasteiger partial charge in [0.2, 0.25) is 0 Å². The average Bonchev–Trinajstić information content (AvgIpc) is 2.64. The standard InChI is InChI=1S/C12H16FNO/c1-9-2-7-12(15-9)8-14-11-5-3-10(13)4-6-11/h3-6,9,12,14H,2,7-8H2,1H3. The highest BCUT2D eigenvalue weighted by molar-refractivity contribution is 5.42. The van der Waals surface area contributed by atoms with Gasteiger partial charge < -0.3 is 10.1 Å². The molecule has 0 aliphatic carbocycles. The highest BCUT2D eigenvalue weighted by Crippen LogP contribution is 2.19. The van der Waals surface area contributed by atoms with Crippen LogP contribution < -0.4 is 5.32 Å². The Balaban J connectivity index is 1.80. The van der Waals surface area contributed by atoms with Crippen LogP contribution in [0.25, 0.3) is 0 Å². The normalized spacial score (nSPS) is 25.5. The van der Waals surface area contributed by atoms with Gasteiger partial charge in [0, 0.05) is 12.2 Å². The molecule has 0 saturated carbocycles. The van der Waals surface area contributed by atoms with Gasteiger partial charge in [0.1, 0.15) is 5.82 Å². The first kappa shape index (κ1) is 10.4. The summed E-state index contributed by atoms with van der Waals surface area (Å²) in [5.74, 6) is -0.203. The molecule has 0 amide bonds. The van der Waals surface area contributed by atoms with Crippen molar-refractivity contribution in [1.82, 2.24) is 0 Å². The molecule has 2 atom stereocenters. The number of halogens is 1. The van der Waals surface area contributed by atoms with Crippen LogP contribution in [0.5, 0.6) is 0 Å². The second-order valence-corrected chi connectivity index (χ2v) is 4.03. The third kappa shape index (κ3) is 2.93. The van der Waals surface area contributed by atoms with Gasteiger partial charge in [0.25, 0.3) is 0 Å². The Morgan fingerprint density at radius 3 is 2.67 bits per heavy atom. The molecule has 15 heavy (non-hydrogen) atoms. The van der Waals surface area contributed by atoms with Crippen molar-refractivity contribution in [2.24, 2.45) is 0 Å². The van der Waals surface area contributed by atoms with E-state index in [1.807, 2.05) is 0 Å². The van der Waals surface area contributed by atoms with Crippen molar-refractivity contribution in [3.8, 4) is 0 Å². The molecule has 1 N–H and O–H groups in total. The minimum absolute atomic E-state index is 0.203. The largest absolute Gasteiger partial charge is 0.382 e. The van der Waals surface area contributed by atoms with E-state index in [0.717, 1.165) is 25.1 Å². The Kier molecular flexibility index (Phi) is 3.21. The van der Waals surface area contributed by atoms with E-state index in [9.17, 15) is 4.39 Å². The third-order valence-electron chi connectivity index (χ3n) is 2.70. The van der Waals surface area contributed by atoms with Crippen LogP contribution >= 0.6 is 0 Å². The van der Waals surface area contributed by atoms with E-state index in [0.29, 0.717) is 12.2 Å². The van der Waals surface area contributed by atoms with Crippen LogP contribution in [0.2, 0.25) is 0 Å². The predicted octanol–water partition coefficient (Wildman–Crippen LogP) is 2.81. The fourth-order valence-corrected chi connectivity index (χ4v) is 1.83. The number of benzene rings is 1. The lowest BCUT2D eigenvalue weighted by Crippen LogP contribution is -2.19. The van der Waals surface area contributed by atoms with Gasteiger partial charge in [-0.3, -0.25) is 0 Å². The molecule has 0 bridgehead atoms. The van der Waals surface area contributed by atoms with Crippen molar-refractivity contribution < 1.29 is 9.13 Å². The Bertz CT molecular complexity index is 312. The molecule has 1 aliphatic rings. The quantitative estimate of drug-likeness (QED) is 0.826. The van der Waals surface area contributed by atoms with Crippen LogP contribution in [0, 0.1) is 5.82 Å². The lowest BCUT2D eigenvalue weighted by Gasteiger charge is -2.13. The lowest BCUT2D eigenvalue weighted by molar-refractivity contribution is 0.0637. The fraction of sp³-hybridized carbons (Fsp3) is 0.500. The molecule has 1 aromatic carbocycles. The summed E-state index contributed by atoms with van der Waals surface area (Å²) in [5.41, 5.74) is 0.944. The highest BCUT2D eigenvalue weighted by atomic mass is 19.1. The van der Waals surface area contributed by atoms with Crippen molar-refractivity contribution in [3.05, 3.63) is 30.1 Å². The smallest absolute Gasteiger partial charge is 0.123 e. The second-order valence-electron chi connectivity index (χ2n) is 4.03. The average molecular weight is 209 g/mol. The number of anilines is 1. The topological polar surface area (TPSA) is 21.3 Å². The van der Waals surface area contributed by atoms with Crippen LogP contribution in [0.15, 0.2) is 24.3 Å². The number of rotatable bonds is 3. The molecule has 0 aromatic heterocycles. The first-order valence-corrected chi connectivity index (χ1v) is 5.39. The molecule has 2 rings (SSSR count). The highest BCUT2D eigenvalue weighted by Gasteiger charge is 2.20. The van der Waals surface area contributed by atoms with Crippen LogP contribution in [0.1, 0.15) is 19.8 Å². The molecule has 0 radical (unpaired) electrons. The lowest BCUT2D eigenvalue weighted by atomic mass is 10.2. The first-order chi connectivity index (χ1) is 7.24. The van der Waals surface area contributed by atoms with E-state index in [-0.39, 0.29) is 5.82 Å². The molecule has 1 heterocycles. The number of ether oxygens (including phenoxy) is 1. The van der Waals surface area contributed by atoms with E-state index < -0.39 is 0 Å². The Labute approximate surface area is 89.4 Å². The molecule has 2 nitrogen and oxygen atoms in total. The van der Waals surface area contributed by atoms with E-state index in [1.165, 1.54) is 12.1 Å². The molecule has 3 heteroatoms. The molecule has 82 valence electrons. The SMILES string of the molecule is CC1CCC(CNc2ccc(F)cc2)O1. The predicted molar refractivity (Wildman–Crippen MR) is 58.5 cm³/mol. The zero-order chi connectivity index (χ0) is 10.7. The van der Waals surface area contributed by atoms with E-state index in [1.54, 1.807) is 12.1 Å². The van der Waals surface area contributed by atoms with Crippen molar-refractivity contribution in [3.63, 3.8) is 0 Å². The van der Waals surface area contributed by atoms with Crippen molar-refractivity contribution in [2.45, 2.75) is 32.0 Å². The van der Waals surface area contributed by atoms with Gasteiger partial charge in [-0.05, 0) is 44.0 Å². The van der Waals surface area contributed by atoms with Crippen LogP contribution in [-0.2, 0) is 4.74 Å². The van der Waals surface area contributed by atoms with E-state index >= 15 is 0 Å². The Morgan fingerprint density at radius 1 is 1.33 bits per heavy atom. The Hall–Kier alpha value is -1.09. The Morgan fingerprint density at radius 2 is 2.07 bits per heavy atom. The number of nitrogens with one attached hydrogen (secondary N) is 1. The molecule has 1 aliphatic heterocycles. The summed E-state index contributed by atoms with van der Waals surface area (Å²) < 4.78 is 18.3. The summed E-state index contributed by atoms with van der Waals surface area (Å²) in [4.78, 5) is 0. The monoisotopic (exact) mass is 209 g/mol. The van der Waals surface area contributed by atoms with E-state index in [4.69, 9.17) is 4.74 Å². The van der Waals surface area contributed by atoms with Crippen LogP contribution in [0.4, 0.5) is 10.1 Å². The van der Waals surface area contributed by atoms with Gasteiger partial charge in [-0.15, -0.1) is 0 Å². The maximum Gasteiger partial charge on any atom is 0.123 e. The van der Waals surface area contributed by atoms with Gasteiger partial charge in [-0.1, -0.05) is 0 Å². The molecular formula is C12H16FNO. The van der Waals surface area contributed by atoms with Gasteiger partial charge >= 0.3 is 0 Å². The maximum absolute atomic E-state index is 12.6. The van der Waals surface area contributed by atoms with Gasteiger partial charge in [0.05, 0.1) is 12.2 Å². The summed E-state index contributed by atoms with van der Waals surface area (Å²) >= 11 is 0. The van der Waals surface area contributed by atoms with Gasteiger partial charge in [-0.25, -0.2) is 4.39 Å². The third-order valence-corrected chi connectivity index (χ3v) is 2.70. The number of hydrogen-bond acceptors (Lipinski definition) is 2. The summed E-state index contributed by atoms with van der Waals surface area (Å²) in [6.07, 6.45) is 2.92. The summed E-state index contributed by atoms with van der Waals surface area (Å²) in [6.45, 7) is 2.90. The first-order valence-electron chi connectivity index (χ1n) is 5.39. The molecular weight excluding hydrogens is 193 g/mol. The minimum Gasteiger partial charge on any atom is -0.382 e. The second kappa shape index (κ2) is 4.62. The summed E-state index contributed by atoms with van der Waals surface area (Å²) in [6, 6.07) is 6.41. The molecule has 1 aromatic rings. The zero-order valence-electron chi connectivity index (χ0n) is 8.87. The van der Waals surface area contributed by atoms with Gasteiger partial charge in [-0.2, -0.15) is 0 Å². The van der Waals surface area contributed by atoms with Crippen molar-refractivity contribution >= 4 is 5.69 Å². The summed E-state index contributed by atoms with van der Waals surface area (Å²) in [5, 5.41) is 3.24. The minimum atomic E-state index is -0.203. The molecule has 2 unspecified atom stereocenters. The molecule has 1 fully saturated rings. The fourth-order valence-electron chi connectivity index (χ4n) is 1.83. The number of hydrogen-bond donors (Lipinski definition) is 1. The van der Waals surface area contributed by atoms with Crippen molar-refractivity contribution in [1.29, 1.82) is 0 Å². The summed E-state index contributed by atoms with van der Waals surface area (Å²) in [7, 11) is 0. The zero-order valence-corrected chi connectivity index (χ0v) is 8.87. The molecule has 1 saturated heterocycles. The van der Waals surface area contributed by atoms with E-state index in [2.05, 4.69) is 12.2 Å². The van der Waals surface area contributed by atoms with Crippen LogP contribution in [-0.4, -0.2) is 18.8 Å².